The topological polar surface area (TPSA) is 162 Å². The second kappa shape index (κ2) is 15.4. The van der Waals surface area contributed by atoms with Crippen molar-refractivity contribution in [2.45, 2.75) is 59.0 Å². The highest BCUT2D eigenvalue weighted by Gasteiger charge is 2.41. The summed E-state index contributed by atoms with van der Waals surface area (Å²) in [6, 6.07) is 6.52. The van der Waals surface area contributed by atoms with Crippen LogP contribution in [-0.2, 0) is 41.2 Å². The van der Waals surface area contributed by atoms with E-state index in [1.54, 1.807) is 27.1 Å². The summed E-state index contributed by atoms with van der Waals surface area (Å²) in [5.74, 6) is -2.48. The van der Waals surface area contributed by atoms with E-state index >= 15 is 0 Å². The first kappa shape index (κ1) is 37.7. The first-order valence-corrected chi connectivity index (χ1v) is 15.9. The molecule has 4 N–H and O–H groups in total. The molecule has 1 unspecified atom stereocenters. The third kappa shape index (κ3) is 8.77. The Morgan fingerprint density at radius 2 is 1.58 bits per heavy atom. The number of hydrogen-bond acceptors (Lipinski definition) is 7. The quantitative estimate of drug-likeness (QED) is 0.174. The van der Waals surface area contributed by atoms with Crippen LogP contribution in [0.15, 0.2) is 54.3 Å². The van der Waals surface area contributed by atoms with Crippen molar-refractivity contribution in [2.75, 3.05) is 40.3 Å². The molecule has 2 aromatic rings. The zero-order valence-corrected chi connectivity index (χ0v) is 29.4. The number of likely N-dealkylation sites (N-methyl/N-ethyl adjacent to an activating group) is 2. The summed E-state index contributed by atoms with van der Waals surface area (Å²) in [5.41, 5.74) is 1.10. The molecule has 0 aliphatic carbocycles. The number of hydrogen-bond donors (Lipinski definition) is 4. The number of rotatable bonds is 14. The average molecular weight is 664 g/mol. The van der Waals surface area contributed by atoms with Crippen LogP contribution in [0.5, 0.6) is 0 Å². The van der Waals surface area contributed by atoms with Gasteiger partial charge in [0.05, 0.1) is 12.6 Å². The molecule has 0 fully saturated rings. The Bertz CT molecular complexity index is 1610. The van der Waals surface area contributed by atoms with Gasteiger partial charge in [-0.2, -0.15) is 0 Å². The van der Waals surface area contributed by atoms with E-state index < -0.39 is 46.5 Å². The smallest absolute Gasteiger partial charge is 0.253 e. The maximum atomic E-state index is 13.9. The molecule has 0 saturated carbocycles. The number of nitrogens with zero attached hydrogens (tertiary/aromatic N) is 3. The minimum absolute atomic E-state index is 0.0250. The molecule has 0 saturated heterocycles. The number of carbonyl (C=O) groups is 6. The molecule has 0 spiro atoms. The number of imide groups is 1. The molecule has 13 heteroatoms. The van der Waals surface area contributed by atoms with Crippen molar-refractivity contribution >= 4 is 46.3 Å². The molecule has 1 aliphatic rings. The third-order valence-corrected chi connectivity index (χ3v) is 8.64. The Morgan fingerprint density at radius 3 is 2.19 bits per heavy atom. The van der Waals surface area contributed by atoms with Crippen LogP contribution in [0.4, 0.5) is 0 Å². The standard InChI is InChI=1S/C35H49N7O6/c1-22(31(46)38-20-26(43)37-17-19-42-27(44)14-15-28(42)45)16-18-40(8)33(48)30(34(2,3)4)39-32(47)29(36-7)35(5,6)24-21-41(9)25-13-11-10-12-23(24)25/h10-16,21,29-30,36H,17-20H2,1-9H3,(H,37,43)(H,38,46)(H,39,47)/b22-16+/t29-,30?/m1/s1. The van der Waals surface area contributed by atoms with Crippen LogP contribution in [-0.4, -0.2) is 102 Å². The van der Waals surface area contributed by atoms with Gasteiger partial charge in [-0.3, -0.25) is 33.7 Å². The van der Waals surface area contributed by atoms with E-state index in [4.69, 9.17) is 0 Å². The number of nitrogens with one attached hydrogen (secondary N) is 4. The van der Waals surface area contributed by atoms with E-state index in [1.807, 2.05) is 76.7 Å². The van der Waals surface area contributed by atoms with Crippen LogP contribution < -0.4 is 21.3 Å². The van der Waals surface area contributed by atoms with Crippen molar-refractivity contribution in [2.24, 2.45) is 12.5 Å². The molecule has 1 aromatic heterocycles. The third-order valence-electron chi connectivity index (χ3n) is 8.64. The fourth-order valence-electron chi connectivity index (χ4n) is 5.70. The summed E-state index contributed by atoms with van der Waals surface area (Å²) in [6.45, 7) is 11.1. The summed E-state index contributed by atoms with van der Waals surface area (Å²) < 4.78 is 2.04. The Hall–Kier alpha value is -4.78. The zero-order chi connectivity index (χ0) is 36.0. The van der Waals surface area contributed by atoms with E-state index in [2.05, 4.69) is 21.3 Å². The summed E-state index contributed by atoms with van der Waals surface area (Å²) in [7, 11) is 5.31. The number of aryl methyl sites for hydroxylation is 1. The molecule has 2 heterocycles. The summed E-state index contributed by atoms with van der Waals surface area (Å²) in [4.78, 5) is 78.0. The Labute approximate surface area is 282 Å². The van der Waals surface area contributed by atoms with Gasteiger partial charge in [0.1, 0.15) is 6.04 Å². The summed E-state index contributed by atoms with van der Waals surface area (Å²) in [6.07, 6.45) is 5.94. The van der Waals surface area contributed by atoms with Gasteiger partial charge in [-0.1, -0.05) is 58.9 Å². The minimum Gasteiger partial charge on any atom is -0.353 e. The normalized spacial score (nSPS) is 15.0. The van der Waals surface area contributed by atoms with E-state index in [9.17, 15) is 28.8 Å². The van der Waals surface area contributed by atoms with Crippen molar-refractivity contribution in [3.05, 3.63) is 59.8 Å². The average Bonchev–Trinajstić information content (AvgIpc) is 3.54. The first-order chi connectivity index (χ1) is 22.4. The Balaban J connectivity index is 1.60. The van der Waals surface area contributed by atoms with E-state index in [0.717, 1.165) is 33.5 Å². The largest absolute Gasteiger partial charge is 0.353 e. The van der Waals surface area contributed by atoms with Crippen molar-refractivity contribution < 1.29 is 28.8 Å². The highest BCUT2D eigenvalue weighted by Crippen LogP contribution is 2.35. The van der Waals surface area contributed by atoms with Crippen LogP contribution in [0.25, 0.3) is 10.9 Å². The maximum Gasteiger partial charge on any atom is 0.253 e. The van der Waals surface area contributed by atoms with Gasteiger partial charge in [0, 0.05) is 74.0 Å². The van der Waals surface area contributed by atoms with E-state index in [-0.39, 0.29) is 38.0 Å². The lowest BCUT2D eigenvalue weighted by Gasteiger charge is -2.38. The molecule has 260 valence electrons. The SMILES string of the molecule is CN[C@H](C(=O)NC(C(=O)N(C)C/C=C(\C)C(=O)NCC(=O)NCCN1C(=O)C=CC1=O)C(C)(C)C)C(C)(C)c1cn(C)c2ccccc12. The number of fused-ring (bicyclic) bond motifs is 1. The van der Waals surface area contributed by atoms with Gasteiger partial charge in [0.25, 0.3) is 11.8 Å². The van der Waals surface area contributed by atoms with Gasteiger partial charge in [0.15, 0.2) is 0 Å². The van der Waals surface area contributed by atoms with Crippen LogP contribution >= 0.6 is 0 Å². The van der Waals surface area contributed by atoms with Gasteiger partial charge < -0.3 is 30.7 Å². The molecule has 2 atom stereocenters. The molecule has 6 amide bonds. The Morgan fingerprint density at radius 1 is 0.958 bits per heavy atom. The molecule has 13 nitrogen and oxygen atoms in total. The fourth-order valence-corrected chi connectivity index (χ4v) is 5.70. The predicted octanol–water partition coefficient (Wildman–Crippen LogP) is 1.14. The number of aromatic nitrogens is 1. The monoisotopic (exact) mass is 663 g/mol. The van der Waals surface area contributed by atoms with Crippen LogP contribution in [0, 0.1) is 5.41 Å². The molecule has 3 rings (SSSR count). The number of benzene rings is 1. The molecule has 0 radical (unpaired) electrons. The van der Waals surface area contributed by atoms with Gasteiger partial charge >= 0.3 is 0 Å². The second-order valence-corrected chi connectivity index (χ2v) is 13.7. The number of amides is 6. The Kier molecular flexibility index (Phi) is 12.1. The van der Waals surface area contributed by atoms with Gasteiger partial charge in [0.2, 0.25) is 23.6 Å². The molecule has 0 bridgehead atoms. The van der Waals surface area contributed by atoms with Crippen molar-refractivity contribution in [3.63, 3.8) is 0 Å². The van der Waals surface area contributed by atoms with E-state index in [0.29, 0.717) is 5.57 Å². The predicted molar refractivity (Wildman–Crippen MR) is 183 cm³/mol. The molecule has 48 heavy (non-hydrogen) atoms. The molecular weight excluding hydrogens is 614 g/mol. The fraction of sp³-hybridized carbons (Fsp3) is 0.486. The highest BCUT2D eigenvalue weighted by molar-refractivity contribution is 6.12. The first-order valence-electron chi connectivity index (χ1n) is 15.9. The zero-order valence-electron chi connectivity index (χ0n) is 29.4. The van der Waals surface area contributed by atoms with Crippen LogP contribution in [0.1, 0.15) is 47.1 Å². The highest BCUT2D eigenvalue weighted by atomic mass is 16.2. The second-order valence-electron chi connectivity index (χ2n) is 13.7. The van der Waals surface area contributed by atoms with Crippen molar-refractivity contribution in [3.8, 4) is 0 Å². The number of carbonyl (C=O) groups excluding carboxylic acids is 6. The molecule has 1 aliphatic heterocycles. The van der Waals surface area contributed by atoms with E-state index in [1.165, 1.54) is 4.90 Å². The van der Waals surface area contributed by atoms with Gasteiger partial charge in [-0.05, 0) is 31.0 Å². The van der Waals surface area contributed by atoms with Crippen LogP contribution in [0.3, 0.4) is 0 Å². The summed E-state index contributed by atoms with van der Waals surface area (Å²) in [5, 5.41) is 12.3. The van der Waals surface area contributed by atoms with Crippen molar-refractivity contribution in [1.29, 1.82) is 0 Å². The van der Waals surface area contributed by atoms with Gasteiger partial charge in [-0.25, -0.2) is 0 Å². The van der Waals surface area contributed by atoms with Gasteiger partial charge in [-0.15, -0.1) is 0 Å². The van der Waals surface area contributed by atoms with Crippen molar-refractivity contribution in [1.82, 2.24) is 35.6 Å². The lowest BCUT2D eigenvalue weighted by atomic mass is 9.76. The maximum absolute atomic E-state index is 13.9. The summed E-state index contributed by atoms with van der Waals surface area (Å²) >= 11 is 0. The molecular formula is C35H49N7O6. The number of para-hydroxylation sites is 1. The molecule has 1 aromatic carbocycles. The lowest BCUT2D eigenvalue weighted by Crippen LogP contribution is -2.60. The van der Waals surface area contributed by atoms with Crippen LogP contribution in [0.2, 0.25) is 0 Å². The minimum atomic E-state index is -0.859. The lowest BCUT2D eigenvalue weighted by molar-refractivity contribution is -0.139.